The van der Waals surface area contributed by atoms with E-state index in [2.05, 4.69) is 38.9 Å². The molecule has 5 amide bonds. The molecule has 1 heterocycles. The normalized spacial score (nSPS) is 13.5. The number of nitrogens with two attached hydrogens (primary N) is 2. The number of primary amides is 1. The van der Waals surface area contributed by atoms with Crippen LogP contribution >= 0.6 is 12.6 Å². The fourth-order valence-corrected chi connectivity index (χ4v) is 4.79. The lowest BCUT2D eigenvalue weighted by Crippen LogP contribution is -2.57. The Morgan fingerprint density at radius 1 is 0.848 bits per heavy atom. The van der Waals surface area contributed by atoms with Gasteiger partial charge in [0.1, 0.15) is 23.9 Å². The summed E-state index contributed by atoms with van der Waals surface area (Å²) in [6.07, 6.45) is 1.24. The lowest BCUT2D eigenvalue weighted by Gasteiger charge is -2.23. The summed E-state index contributed by atoms with van der Waals surface area (Å²) in [4.78, 5) is 77.7. The van der Waals surface area contributed by atoms with Crippen LogP contribution in [0.3, 0.4) is 0 Å². The van der Waals surface area contributed by atoms with Crippen molar-refractivity contribution in [2.75, 3.05) is 12.3 Å². The highest BCUT2D eigenvalue weighted by Gasteiger charge is 2.30. The number of aromatic nitrogens is 1. The molecule has 0 radical (unpaired) electrons. The van der Waals surface area contributed by atoms with E-state index >= 15 is 0 Å². The van der Waals surface area contributed by atoms with Gasteiger partial charge in [-0.25, -0.2) is 4.79 Å². The smallest absolute Gasteiger partial charge is 0.326 e. The maximum atomic E-state index is 13.1. The van der Waals surface area contributed by atoms with Crippen LogP contribution in [0.5, 0.6) is 5.75 Å². The largest absolute Gasteiger partial charge is 0.508 e. The number of carbonyl (C=O) groups is 6. The highest BCUT2D eigenvalue weighted by molar-refractivity contribution is 7.80. The fourth-order valence-electron chi connectivity index (χ4n) is 4.54. The number of hydrogen-bond acceptors (Lipinski definition) is 9. The van der Waals surface area contributed by atoms with E-state index in [1.54, 1.807) is 24.4 Å². The van der Waals surface area contributed by atoms with Crippen molar-refractivity contribution in [3.63, 3.8) is 0 Å². The number of H-pyrrole nitrogens is 1. The van der Waals surface area contributed by atoms with E-state index in [-0.39, 0.29) is 37.2 Å². The Kier molecular flexibility index (Phi) is 13.0. The molecule has 4 atom stereocenters. The molecule has 1 aromatic heterocycles. The molecule has 0 saturated carbocycles. The molecule has 0 aliphatic carbocycles. The molecule has 0 saturated heterocycles. The topological polar surface area (TPSA) is 259 Å². The van der Waals surface area contributed by atoms with Crippen LogP contribution in [0.25, 0.3) is 10.9 Å². The molecular formula is C30H37N7O8S. The van der Waals surface area contributed by atoms with Crippen molar-refractivity contribution in [1.82, 2.24) is 26.3 Å². The summed E-state index contributed by atoms with van der Waals surface area (Å²) < 4.78 is 0. The number of carbonyl (C=O) groups excluding carboxylic acids is 5. The number of nitrogens with one attached hydrogen (secondary N) is 5. The molecule has 0 unspecified atom stereocenters. The third-order valence-electron chi connectivity index (χ3n) is 7.01. The van der Waals surface area contributed by atoms with Gasteiger partial charge in [-0.15, -0.1) is 0 Å². The minimum atomic E-state index is -1.33. The molecular weight excluding hydrogens is 618 g/mol. The SMILES string of the molecule is NC(=O)CC[C@H](NC(=O)CNC(=O)[C@@H](N)Cc1ccc(O)cc1)C(=O)N[C@@H](CS)C(=O)N[C@@H](Cc1c[nH]c2ccccc12)C(=O)O. The first-order valence-electron chi connectivity index (χ1n) is 14.3. The number of carboxylic acid groups (broad SMARTS) is 1. The molecule has 0 spiro atoms. The molecule has 246 valence electrons. The van der Waals surface area contributed by atoms with E-state index in [4.69, 9.17) is 11.5 Å². The molecule has 0 fully saturated rings. The maximum absolute atomic E-state index is 13.1. The Balaban J connectivity index is 1.58. The fraction of sp³-hybridized carbons (Fsp3) is 0.333. The van der Waals surface area contributed by atoms with Gasteiger partial charge in [-0.2, -0.15) is 12.6 Å². The average molecular weight is 656 g/mol. The monoisotopic (exact) mass is 655 g/mol. The number of fused-ring (bicyclic) bond motifs is 1. The predicted molar refractivity (Wildman–Crippen MR) is 171 cm³/mol. The molecule has 15 nitrogen and oxygen atoms in total. The van der Waals surface area contributed by atoms with E-state index in [0.717, 1.165) is 10.9 Å². The first-order valence-corrected chi connectivity index (χ1v) is 14.9. The summed E-state index contributed by atoms with van der Waals surface area (Å²) in [5, 5.41) is 29.6. The van der Waals surface area contributed by atoms with Crippen LogP contribution in [0, 0.1) is 0 Å². The van der Waals surface area contributed by atoms with Gasteiger partial charge in [-0.05, 0) is 42.2 Å². The third-order valence-corrected chi connectivity index (χ3v) is 7.38. The van der Waals surface area contributed by atoms with Gasteiger partial charge >= 0.3 is 5.97 Å². The van der Waals surface area contributed by atoms with Gasteiger partial charge < -0.3 is 47.9 Å². The van der Waals surface area contributed by atoms with Gasteiger partial charge in [0.25, 0.3) is 0 Å². The van der Waals surface area contributed by atoms with Gasteiger partial charge in [-0.1, -0.05) is 30.3 Å². The van der Waals surface area contributed by atoms with Gasteiger partial charge in [-0.3, -0.25) is 24.0 Å². The number of phenolic OH excluding ortho intramolecular Hbond substituents is 1. The first kappa shape index (κ1) is 35.4. The predicted octanol–water partition coefficient (Wildman–Crippen LogP) is -1.16. The number of hydrogen-bond donors (Lipinski definition) is 10. The van der Waals surface area contributed by atoms with Crippen LogP contribution in [0.1, 0.15) is 24.0 Å². The molecule has 16 heteroatoms. The van der Waals surface area contributed by atoms with Crippen LogP contribution in [0.2, 0.25) is 0 Å². The van der Waals surface area contributed by atoms with Crippen LogP contribution < -0.4 is 32.7 Å². The molecule has 11 N–H and O–H groups in total. The zero-order valence-electron chi connectivity index (χ0n) is 24.7. The Morgan fingerprint density at radius 2 is 1.50 bits per heavy atom. The van der Waals surface area contributed by atoms with E-state index < -0.39 is 66.2 Å². The van der Waals surface area contributed by atoms with E-state index in [1.165, 1.54) is 12.1 Å². The quantitative estimate of drug-likeness (QED) is 0.0785. The first-order chi connectivity index (χ1) is 21.9. The molecule has 0 bridgehead atoms. The number of aliphatic carboxylic acids is 1. The highest BCUT2D eigenvalue weighted by Crippen LogP contribution is 2.19. The second-order valence-electron chi connectivity index (χ2n) is 10.5. The summed E-state index contributed by atoms with van der Waals surface area (Å²) in [5.74, 6) is -5.32. The van der Waals surface area contributed by atoms with E-state index in [9.17, 15) is 39.0 Å². The van der Waals surface area contributed by atoms with Crippen molar-refractivity contribution in [3.8, 4) is 5.75 Å². The number of benzene rings is 2. The number of para-hydroxylation sites is 1. The van der Waals surface area contributed by atoms with E-state index in [1.807, 2.05) is 18.2 Å². The zero-order chi connectivity index (χ0) is 33.8. The minimum Gasteiger partial charge on any atom is -0.508 e. The number of amides is 5. The van der Waals surface area contributed by atoms with Crippen molar-refractivity contribution >= 4 is 59.0 Å². The van der Waals surface area contributed by atoms with E-state index in [0.29, 0.717) is 11.1 Å². The Labute approximate surface area is 269 Å². The second-order valence-corrected chi connectivity index (χ2v) is 10.9. The lowest BCUT2D eigenvalue weighted by atomic mass is 10.0. The lowest BCUT2D eigenvalue weighted by molar-refractivity contribution is -0.142. The summed E-state index contributed by atoms with van der Waals surface area (Å²) in [5.41, 5.74) is 13.3. The number of phenols is 1. The second kappa shape index (κ2) is 16.8. The third kappa shape index (κ3) is 10.5. The minimum absolute atomic E-state index is 0.0417. The van der Waals surface area contributed by atoms with Gasteiger partial charge in [0.2, 0.25) is 29.5 Å². The van der Waals surface area contributed by atoms with Crippen molar-refractivity contribution in [3.05, 3.63) is 65.9 Å². The number of aromatic amines is 1. The van der Waals surface area contributed by atoms with Gasteiger partial charge in [0.05, 0.1) is 12.6 Å². The summed E-state index contributed by atoms with van der Waals surface area (Å²) in [6, 6.07) is 8.39. The Bertz CT molecular complexity index is 1560. The molecule has 2 aromatic carbocycles. The highest BCUT2D eigenvalue weighted by atomic mass is 32.1. The average Bonchev–Trinajstić information content (AvgIpc) is 3.43. The number of rotatable bonds is 17. The van der Waals surface area contributed by atoms with Crippen molar-refractivity contribution in [2.24, 2.45) is 11.5 Å². The van der Waals surface area contributed by atoms with Crippen LogP contribution in [0.15, 0.2) is 54.7 Å². The van der Waals surface area contributed by atoms with Gasteiger partial charge in [0.15, 0.2) is 0 Å². The molecule has 0 aliphatic heterocycles. The van der Waals surface area contributed by atoms with Crippen LogP contribution in [-0.2, 0) is 41.6 Å². The van der Waals surface area contributed by atoms with Crippen LogP contribution in [-0.4, -0.2) is 87.2 Å². The standard InChI is InChI=1S/C30H37N7O8S/c31-20(11-16-5-7-18(38)8-6-16)27(41)34-14-26(40)35-22(9-10-25(32)39)28(42)37-24(15-46)29(43)36-23(30(44)45)12-17-13-33-21-4-2-1-3-19(17)21/h1-8,13,20,22-24,33,38,46H,9-12,14-15,31H2,(H2,32,39)(H,34,41)(H,35,40)(H,36,43)(H,37,42)(H,44,45)/t20-,22-,23-,24-/m0/s1. The Hall–Kier alpha value is -5.09. The number of aromatic hydroxyl groups is 1. The zero-order valence-corrected chi connectivity index (χ0v) is 25.6. The number of thiol groups is 1. The molecule has 3 aromatic rings. The summed E-state index contributed by atoms with van der Waals surface area (Å²) >= 11 is 4.12. The summed E-state index contributed by atoms with van der Waals surface area (Å²) in [6.45, 7) is -0.549. The van der Waals surface area contributed by atoms with Crippen LogP contribution in [0.4, 0.5) is 0 Å². The number of carboxylic acids is 1. The maximum Gasteiger partial charge on any atom is 0.326 e. The van der Waals surface area contributed by atoms with Crippen molar-refractivity contribution in [2.45, 2.75) is 49.9 Å². The van der Waals surface area contributed by atoms with Crippen molar-refractivity contribution in [1.29, 1.82) is 0 Å². The molecule has 3 rings (SSSR count). The molecule has 0 aliphatic rings. The van der Waals surface area contributed by atoms with Gasteiger partial charge in [0, 0.05) is 35.7 Å². The molecule has 46 heavy (non-hydrogen) atoms. The summed E-state index contributed by atoms with van der Waals surface area (Å²) in [7, 11) is 0. The Morgan fingerprint density at radius 3 is 2.15 bits per heavy atom. The van der Waals surface area contributed by atoms with Crippen molar-refractivity contribution < 1.29 is 39.0 Å².